The van der Waals surface area contributed by atoms with E-state index < -0.39 is 0 Å². The SMILES string of the molecule is CCc1nc(C)c(C(=O)N2CC[C@H]3OCc4cnnn4[C@H]3C2)o1. The number of nitrogens with zero attached hydrogens (tertiary/aromatic N) is 5. The summed E-state index contributed by atoms with van der Waals surface area (Å²) in [5.74, 6) is 0.830. The van der Waals surface area contributed by atoms with Crippen molar-refractivity contribution in [2.75, 3.05) is 13.1 Å². The van der Waals surface area contributed by atoms with Gasteiger partial charge < -0.3 is 14.1 Å². The summed E-state index contributed by atoms with van der Waals surface area (Å²) in [6, 6.07) is 0.00724. The molecule has 0 spiro atoms. The molecule has 2 aromatic heterocycles. The molecule has 2 atom stereocenters. The zero-order chi connectivity index (χ0) is 16.0. The average Bonchev–Trinajstić information content (AvgIpc) is 3.19. The molecule has 8 nitrogen and oxygen atoms in total. The van der Waals surface area contributed by atoms with Crippen molar-refractivity contribution in [2.45, 2.75) is 45.4 Å². The molecule has 2 aromatic rings. The van der Waals surface area contributed by atoms with E-state index in [0.29, 0.717) is 43.5 Å². The highest BCUT2D eigenvalue weighted by Crippen LogP contribution is 2.31. The lowest BCUT2D eigenvalue weighted by Gasteiger charge is -2.40. The zero-order valence-electron chi connectivity index (χ0n) is 13.2. The summed E-state index contributed by atoms with van der Waals surface area (Å²) in [6.45, 7) is 5.48. The first-order valence-corrected chi connectivity index (χ1v) is 7.93. The van der Waals surface area contributed by atoms with Crippen molar-refractivity contribution >= 4 is 5.91 Å². The third-order valence-electron chi connectivity index (χ3n) is 4.55. The Balaban J connectivity index is 1.57. The van der Waals surface area contributed by atoms with Crippen LogP contribution in [0.5, 0.6) is 0 Å². The molecule has 122 valence electrons. The maximum atomic E-state index is 12.8. The predicted molar refractivity (Wildman–Crippen MR) is 78.8 cm³/mol. The van der Waals surface area contributed by atoms with Gasteiger partial charge in [-0.2, -0.15) is 0 Å². The second-order valence-electron chi connectivity index (χ2n) is 6.00. The highest BCUT2D eigenvalue weighted by atomic mass is 16.5. The highest BCUT2D eigenvalue weighted by molar-refractivity contribution is 5.92. The third-order valence-corrected chi connectivity index (χ3v) is 4.55. The first kappa shape index (κ1) is 14.4. The summed E-state index contributed by atoms with van der Waals surface area (Å²) in [5.41, 5.74) is 1.60. The highest BCUT2D eigenvalue weighted by Gasteiger charge is 2.39. The number of hydrogen-bond acceptors (Lipinski definition) is 6. The number of rotatable bonds is 2. The molecule has 0 N–H and O–H groups in total. The molecule has 4 heterocycles. The van der Waals surface area contributed by atoms with Gasteiger partial charge in [0.2, 0.25) is 5.76 Å². The van der Waals surface area contributed by atoms with Crippen LogP contribution < -0.4 is 0 Å². The first-order valence-electron chi connectivity index (χ1n) is 7.93. The van der Waals surface area contributed by atoms with E-state index in [4.69, 9.17) is 9.15 Å². The number of oxazole rings is 1. The van der Waals surface area contributed by atoms with Crippen LogP contribution in [0.2, 0.25) is 0 Å². The zero-order valence-corrected chi connectivity index (χ0v) is 13.2. The molecule has 8 heteroatoms. The largest absolute Gasteiger partial charge is 0.435 e. The van der Waals surface area contributed by atoms with Crippen LogP contribution in [-0.4, -0.2) is 50.0 Å². The molecule has 0 aliphatic carbocycles. The summed E-state index contributed by atoms with van der Waals surface area (Å²) in [7, 11) is 0. The van der Waals surface area contributed by atoms with Crippen LogP contribution in [0.15, 0.2) is 10.6 Å². The molecule has 0 unspecified atom stereocenters. The van der Waals surface area contributed by atoms with Crippen molar-refractivity contribution in [3.05, 3.63) is 29.2 Å². The number of hydrogen-bond donors (Lipinski definition) is 0. The van der Waals surface area contributed by atoms with Crippen molar-refractivity contribution in [2.24, 2.45) is 0 Å². The van der Waals surface area contributed by atoms with E-state index in [1.54, 1.807) is 11.1 Å². The predicted octanol–water partition coefficient (Wildman–Crippen LogP) is 1.12. The van der Waals surface area contributed by atoms with E-state index in [9.17, 15) is 4.79 Å². The van der Waals surface area contributed by atoms with Gasteiger partial charge in [0.05, 0.1) is 36.3 Å². The van der Waals surface area contributed by atoms with Gasteiger partial charge in [0.1, 0.15) is 0 Å². The lowest BCUT2D eigenvalue weighted by molar-refractivity contribution is -0.0608. The van der Waals surface area contributed by atoms with E-state index >= 15 is 0 Å². The molecule has 23 heavy (non-hydrogen) atoms. The number of carbonyl (C=O) groups excluding carboxylic acids is 1. The van der Waals surface area contributed by atoms with Gasteiger partial charge in [-0.05, 0) is 13.3 Å². The van der Waals surface area contributed by atoms with Crippen LogP contribution in [0.4, 0.5) is 0 Å². The Labute approximate surface area is 133 Å². The van der Waals surface area contributed by atoms with Gasteiger partial charge in [-0.3, -0.25) is 4.79 Å². The summed E-state index contributed by atoms with van der Waals surface area (Å²) in [5, 5.41) is 8.11. The van der Waals surface area contributed by atoms with Crippen LogP contribution in [-0.2, 0) is 17.8 Å². The molecule has 2 aliphatic rings. The normalized spacial score (nSPS) is 23.5. The van der Waals surface area contributed by atoms with Gasteiger partial charge >= 0.3 is 0 Å². The Hall–Kier alpha value is -2.22. The molecule has 0 saturated carbocycles. The quantitative estimate of drug-likeness (QED) is 0.825. The molecule has 2 aliphatic heterocycles. The van der Waals surface area contributed by atoms with E-state index in [2.05, 4.69) is 15.3 Å². The van der Waals surface area contributed by atoms with Crippen molar-refractivity contribution in [1.29, 1.82) is 0 Å². The molecule has 0 aromatic carbocycles. The second kappa shape index (κ2) is 5.45. The maximum Gasteiger partial charge on any atom is 0.291 e. The molecule has 1 fully saturated rings. The smallest absolute Gasteiger partial charge is 0.291 e. The Kier molecular flexibility index (Phi) is 3.41. The minimum atomic E-state index is -0.111. The van der Waals surface area contributed by atoms with Gasteiger partial charge in [0, 0.05) is 19.5 Å². The van der Waals surface area contributed by atoms with Crippen LogP contribution in [0.3, 0.4) is 0 Å². The van der Waals surface area contributed by atoms with E-state index in [0.717, 1.165) is 12.1 Å². The van der Waals surface area contributed by atoms with Gasteiger partial charge in [0.25, 0.3) is 5.91 Å². The molecule has 1 saturated heterocycles. The molecule has 4 rings (SSSR count). The number of aryl methyl sites for hydroxylation is 2. The van der Waals surface area contributed by atoms with Gasteiger partial charge in [-0.1, -0.05) is 12.1 Å². The van der Waals surface area contributed by atoms with E-state index in [1.165, 1.54) is 0 Å². The van der Waals surface area contributed by atoms with Gasteiger partial charge in [-0.25, -0.2) is 9.67 Å². The number of ether oxygens (including phenoxy) is 1. The van der Waals surface area contributed by atoms with Crippen molar-refractivity contribution in [3.8, 4) is 0 Å². The minimum Gasteiger partial charge on any atom is -0.435 e. The molecular formula is C15H19N5O3. The number of piperidine rings is 1. The Bertz CT molecular complexity index is 737. The van der Waals surface area contributed by atoms with Crippen molar-refractivity contribution < 1.29 is 13.9 Å². The third kappa shape index (κ3) is 2.33. The average molecular weight is 317 g/mol. The monoisotopic (exact) mass is 317 g/mol. The standard InChI is InChI=1S/C15H19N5O3/c1-3-13-17-9(2)14(23-13)15(21)19-5-4-12-11(7-19)20-10(8-22-12)6-16-18-20/h6,11-12H,3-5,7-8H2,1-2H3/t11-,12+/m0/s1. The topological polar surface area (TPSA) is 86.3 Å². The van der Waals surface area contributed by atoms with Gasteiger partial charge in [-0.15, -0.1) is 5.10 Å². The fraction of sp³-hybridized carbons (Fsp3) is 0.600. The molecular weight excluding hydrogens is 298 g/mol. The lowest BCUT2D eigenvalue weighted by atomic mass is 10.00. The maximum absolute atomic E-state index is 12.8. The number of aromatic nitrogens is 4. The molecule has 1 amide bonds. The van der Waals surface area contributed by atoms with E-state index in [1.807, 2.05) is 18.5 Å². The van der Waals surface area contributed by atoms with Crippen molar-refractivity contribution in [1.82, 2.24) is 24.9 Å². The Morgan fingerprint density at radius 1 is 1.48 bits per heavy atom. The number of amides is 1. The fourth-order valence-corrected chi connectivity index (χ4v) is 3.31. The van der Waals surface area contributed by atoms with E-state index in [-0.39, 0.29) is 18.1 Å². The summed E-state index contributed by atoms with van der Waals surface area (Å²) in [4.78, 5) is 18.9. The Morgan fingerprint density at radius 3 is 3.13 bits per heavy atom. The fourth-order valence-electron chi connectivity index (χ4n) is 3.31. The van der Waals surface area contributed by atoms with Gasteiger partial charge in [0.15, 0.2) is 5.89 Å². The summed E-state index contributed by atoms with van der Waals surface area (Å²) in [6.07, 6.45) is 3.25. The molecule has 0 radical (unpaired) electrons. The van der Waals surface area contributed by atoms with Crippen LogP contribution in [0.1, 0.15) is 47.2 Å². The summed E-state index contributed by atoms with van der Waals surface area (Å²) >= 11 is 0. The lowest BCUT2D eigenvalue weighted by Crippen LogP contribution is -2.50. The minimum absolute atomic E-state index is 0.00724. The Morgan fingerprint density at radius 2 is 2.35 bits per heavy atom. The van der Waals surface area contributed by atoms with Crippen LogP contribution >= 0.6 is 0 Å². The first-order chi connectivity index (χ1) is 11.2. The molecule has 0 bridgehead atoms. The number of fused-ring (bicyclic) bond motifs is 3. The number of carbonyl (C=O) groups is 1. The van der Waals surface area contributed by atoms with Crippen LogP contribution in [0.25, 0.3) is 0 Å². The second-order valence-corrected chi connectivity index (χ2v) is 6.00. The number of likely N-dealkylation sites (tertiary alicyclic amines) is 1. The van der Waals surface area contributed by atoms with Crippen molar-refractivity contribution in [3.63, 3.8) is 0 Å². The van der Waals surface area contributed by atoms with Crippen LogP contribution in [0, 0.1) is 6.92 Å². The summed E-state index contributed by atoms with van der Waals surface area (Å²) < 4.78 is 13.4.